The van der Waals surface area contributed by atoms with Gasteiger partial charge in [0.25, 0.3) is 11.5 Å². The molecule has 2 aromatic heterocycles. The van der Waals surface area contributed by atoms with Crippen LogP contribution in [-0.4, -0.2) is 27.0 Å². The molecule has 2 N–H and O–H groups in total. The number of carbonyl (C=O) groups is 1. The molecule has 1 aliphatic rings. The second-order valence-electron chi connectivity index (χ2n) is 6.75. The second kappa shape index (κ2) is 7.36. The number of rotatable bonds is 4. The fourth-order valence-corrected chi connectivity index (χ4v) is 4.69. The first-order valence-corrected chi connectivity index (χ1v) is 10.2. The minimum atomic E-state index is -0.173. The van der Waals surface area contributed by atoms with Crippen molar-refractivity contribution < 1.29 is 4.79 Å². The Morgan fingerprint density at radius 2 is 2.19 bits per heavy atom. The van der Waals surface area contributed by atoms with Gasteiger partial charge in [0.05, 0.1) is 21.6 Å². The predicted octanol–water partition coefficient (Wildman–Crippen LogP) is 2.90. The van der Waals surface area contributed by atoms with Gasteiger partial charge in [0.2, 0.25) is 0 Å². The number of amides is 1. The number of H-pyrrole nitrogens is 1. The average Bonchev–Trinajstić information content (AvgIpc) is 3.08. The first-order valence-electron chi connectivity index (χ1n) is 9.01. The van der Waals surface area contributed by atoms with Gasteiger partial charge in [-0.2, -0.15) is 0 Å². The van der Waals surface area contributed by atoms with Crippen LogP contribution in [0.25, 0.3) is 10.9 Å². The molecule has 2 heterocycles. The lowest BCUT2D eigenvalue weighted by molar-refractivity contribution is 0.0954. The molecule has 8 heteroatoms. The van der Waals surface area contributed by atoms with Gasteiger partial charge in [-0.25, -0.2) is 4.98 Å². The number of aromatic amines is 1. The maximum Gasteiger partial charge on any atom is 0.261 e. The monoisotopic (exact) mass is 400 g/mol. The lowest BCUT2D eigenvalue weighted by atomic mass is 10.0. The fraction of sp³-hybridized carbons (Fsp3) is 0.368. The highest BCUT2D eigenvalue weighted by Crippen LogP contribution is 2.26. The molecule has 0 fully saturated rings. The number of aromatic nitrogens is 3. The first kappa shape index (κ1) is 18.1. The average molecular weight is 401 g/mol. The number of hydrogen-bond acceptors (Lipinski definition) is 5. The molecule has 0 saturated carbocycles. The van der Waals surface area contributed by atoms with Crippen LogP contribution in [0.3, 0.4) is 0 Å². The van der Waals surface area contributed by atoms with Gasteiger partial charge >= 0.3 is 0 Å². The number of fused-ring (bicyclic) bond motifs is 2. The fourth-order valence-electron chi connectivity index (χ4n) is 3.34. The van der Waals surface area contributed by atoms with Crippen LogP contribution in [0.4, 0.5) is 0 Å². The van der Waals surface area contributed by atoms with E-state index in [1.807, 2.05) is 0 Å². The molecule has 3 aromatic rings. The lowest BCUT2D eigenvalue weighted by Crippen LogP contribution is -2.26. The van der Waals surface area contributed by atoms with Gasteiger partial charge in [-0.3, -0.25) is 14.2 Å². The van der Waals surface area contributed by atoms with E-state index in [1.165, 1.54) is 28.0 Å². The summed E-state index contributed by atoms with van der Waals surface area (Å²) in [6.07, 6.45) is 5.42. The van der Waals surface area contributed by atoms with E-state index in [4.69, 9.17) is 17.2 Å². The maximum absolute atomic E-state index is 12.5. The van der Waals surface area contributed by atoms with Crippen LogP contribution >= 0.6 is 23.6 Å². The zero-order valence-corrected chi connectivity index (χ0v) is 16.6. The minimum absolute atomic E-state index is 0.168. The van der Waals surface area contributed by atoms with Crippen molar-refractivity contribution in [3.05, 3.63) is 54.5 Å². The van der Waals surface area contributed by atoms with Crippen LogP contribution in [0.2, 0.25) is 0 Å². The number of benzene rings is 1. The summed E-state index contributed by atoms with van der Waals surface area (Å²) in [7, 11) is 1.62. The molecular weight excluding hydrogens is 380 g/mol. The summed E-state index contributed by atoms with van der Waals surface area (Å²) >= 11 is 6.91. The normalized spacial score (nSPS) is 13.5. The Bertz CT molecular complexity index is 1120. The molecule has 0 saturated heterocycles. The van der Waals surface area contributed by atoms with Crippen LogP contribution in [0.1, 0.15) is 38.8 Å². The highest BCUT2D eigenvalue weighted by Gasteiger charge is 2.15. The summed E-state index contributed by atoms with van der Waals surface area (Å²) in [6, 6.07) is 4.99. The first-order chi connectivity index (χ1) is 13.0. The van der Waals surface area contributed by atoms with Crippen molar-refractivity contribution in [2.75, 3.05) is 6.54 Å². The van der Waals surface area contributed by atoms with Crippen molar-refractivity contribution in [3.63, 3.8) is 0 Å². The van der Waals surface area contributed by atoms with E-state index in [-0.39, 0.29) is 11.5 Å². The van der Waals surface area contributed by atoms with Crippen molar-refractivity contribution >= 4 is 40.4 Å². The minimum Gasteiger partial charge on any atom is -0.352 e. The van der Waals surface area contributed by atoms with Gasteiger partial charge in [0.15, 0.2) is 4.77 Å². The molecule has 0 spiro atoms. The Morgan fingerprint density at radius 1 is 1.37 bits per heavy atom. The Kier molecular flexibility index (Phi) is 4.92. The maximum atomic E-state index is 12.5. The van der Waals surface area contributed by atoms with Gasteiger partial charge in [-0.1, -0.05) is 0 Å². The quantitative estimate of drug-likeness (QED) is 0.660. The largest absolute Gasteiger partial charge is 0.352 e. The molecule has 1 aromatic carbocycles. The van der Waals surface area contributed by atoms with E-state index in [2.05, 4.69) is 10.3 Å². The van der Waals surface area contributed by atoms with Gasteiger partial charge in [0.1, 0.15) is 0 Å². The van der Waals surface area contributed by atoms with Gasteiger partial charge in [-0.15, -0.1) is 11.3 Å². The SMILES string of the molecule is Cn1c(=S)[nH]c2cc(C(=O)NCCc3nc4c(s3)CCCC4)ccc2c1=O. The van der Waals surface area contributed by atoms with E-state index < -0.39 is 0 Å². The van der Waals surface area contributed by atoms with Crippen molar-refractivity contribution in [1.29, 1.82) is 0 Å². The molecule has 0 unspecified atom stereocenters. The summed E-state index contributed by atoms with van der Waals surface area (Å²) < 4.78 is 1.71. The van der Waals surface area contributed by atoms with E-state index in [0.29, 0.717) is 27.8 Å². The number of nitrogens with one attached hydrogen (secondary N) is 2. The molecule has 27 heavy (non-hydrogen) atoms. The number of nitrogens with zero attached hydrogens (tertiary/aromatic N) is 2. The Hall–Kier alpha value is -2.32. The van der Waals surface area contributed by atoms with Crippen molar-refractivity contribution in [2.45, 2.75) is 32.1 Å². The number of aryl methyl sites for hydroxylation is 2. The van der Waals surface area contributed by atoms with Crippen molar-refractivity contribution in [3.8, 4) is 0 Å². The molecule has 1 aliphatic carbocycles. The van der Waals surface area contributed by atoms with Crippen LogP contribution in [0.5, 0.6) is 0 Å². The Balaban J connectivity index is 1.45. The van der Waals surface area contributed by atoms with Gasteiger partial charge in [0, 0.05) is 30.5 Å². The highest BCUT2D eigenvalue weighted by molar-refractivity contribution is 7.71. The zero-order valence-electron chi connectivity index (χ0n) is 15.0. The standard InChI is InChI=1S/C19H20N4O2S2/c1-23-18(25)12-7-6-11(10-14(12)22-19(23)26)17(24)20-9-8-16-21-13-4-2-3-5-15(13)27-16/h6-7,10H,2-5,8-9H2,1H3,(H,20,24)(H,22,26). The lowest BCUT2D eigenvalue weighted by Gasteiger charge is -2.07. The van der Waals surface area contributed by atoms with E-state index >= 15 is 0 Å². The van der Waals surface area contributed by atoms with E-state index in [1.54, 1.807) is 36.6 Å². The summed E-state index contributed by atoms with van der Waals surface area (Å²) in [4.78, 5) is 33.8. The molecule has 4 rings (SSSR count). The molecule has 0 aliphatic heterocycles. The molecule has 0 atom stereocenters. The van der Waals surface area contributed by atoms with Gasteiger partial charge < -0.3 is 10.3 Å². The van der Waals surface area contributed by atoms with Crippen LogP contribution in [-0.2, 0) is 26.3 Å². The molecule has 1 amide bonds. The van der Waals surface area contributed by atoms with Crippen LogP contribution in [0, 0.1) is 4.77 Å². The summed E-state index contributed by atoms with van der Waals surface area (Å²) in [5.74, 6) is -0.168. The predicted molar refractivity (Wildman–Crippen MR) is 109 cm³/mol. The zero-order chi connectivity index (χ0) is 19.0. The molecule has 140 valence electrons. The molecule has 0 bridgehead atoms. The highest BCUT2D eigenvalue weighted by atomic mass is 32.1. The van der Waals surface area contributed by atoms with Crippen molar-refractivity contribution in [2.24, 2.45) is 7.05 Å². The number of thiazole rings is 1. The van der Waals surface area contributed by atoms with Crippen LogP contribution in [0.15, 0.2) is 23.0 Å². The Morgan fingerprint density at radius 3 is 3.00 bits per heavy atom. The third-order valence-corrected chi connectivity index (χ3v) is 6.47. The number of hydrogen-bond donors (Lipinski definition) is 2. The summed E-state index contributed by atoms with van der Waals surface area (Å²) in [5.41, 5.74) is 2.15. The third-order valence-electron chi connectivity index (χ3n) is 4.88. The van der Waals surface area contributed by atoms with Crippen LogP contribution < -0.4 is 10.9 Å². The third kappa shape index (κ3) is 3.59. The molecular formula is C19H20N4O2S2. The topological polar surface area (TPSA) is 79.8 Å². The number of carbonyl (C=O) groups excluding carboxylic acids is 1. The van der Waals surface area contributed by atoms with E-state index in [9.17, 15) is 9.59 Å². The Labute approximate surface area is 165 Å². The summed E-state index contributed by atoms with van der Waals surface area (Å²) in [6.45, 7) is 0.538. The summed E-state index contributed by atoms with van der Waals surface area (Å²) in [5, 5.41) is 4.54. The smallest absolute Gasteiger partial charge is 0.261 e. The molecule has 6 nitrogen and oxygen atoms in total. The molecule has 0 radical (unpaired) electrons. The van der Waals surface area contributed by atoms with Crippen molar-refractivity contribution in [1.82, 2.24) is 19.9 Å². The van der Waals surface area contributed by atoms with E-state index in [0.717, 1.165) is 24.3 Å². The van der Waals surface area contributed by atoms with Gasteiger partial charge in [-0.05, 0) is 56.1 Å². The second-order valence-corrected chi connectivity index (χ2v) is 8.30.